The van der Waals surface area contributed by atoms with Crippen LogP contribution in [0.5, 0.6) is 5.88 Å². The van der Waals surface area contributed by atoms with E-state index in [1.54, 1.807) is 12.1 Å². The summed E-state index contributed by atoms with van der Waals surface area (Å²) in [5.74, 6) is 0.0297. The predicted octanol–water partition coefficient (Wildman–Crippen LogP) is 0.937. The summed E-state index contributed by atoms with van der Waals surface area (Å²) in [5, 5.41) is 17.5. The van der Waals surface area contributed by atoms with Gasteiger partial charge in [-0.1, -0.05) is 0 Å². The van der Waals surface area contributed by atoms with Crippen LogP contribution in [0.3, 0.4) is 0 Å². The zero-order chi connectivity index (χ0) is 13.0. The molecule has 0 aromatic carbocycles. The maximum absolute atomic E-state index is 12.0. The van der Waals surface area contributed by atoms with Gasteiger partial charge in [0, 0.05) is 6.20 Å². The Kier molecular flexibility index (Phi) is 3.20. The highest BCUT2D eigenvalue weighted by Gasteiger charge is 2.15. The van der Waals surface area contributed by atoms with Crippen molar-refractivity contribution < 1.29 is 9.53 Å². The van der Waals surface area contributed by atoms with Crippen molar-refractivity contribution in [2.75, 3.05) is 12.4 Å². The number of rotatable bonds is 3. The molecule has 0 atom stereocenters. The standard InChI is InChI=1S/C11H9N5O2/c1-18-11-8(3-2-4-13-11)10(17)15-9-7(5-12)6-14-16-9/h2-4,6H,1H3,(H2,14,15,16,17). The first-order chi connectivity index (χ1) is 8.76. The molecule has 0 saturated heterocycles. The van der Waals surface area contributed by atoms with Gasteiger partial charge in [-0.05, 0) is 12.1 Å². The number of nitrogens with zero attached hydrogens (tertiary/aromatic N) is 3. The van der Waals surface area contributed by atoms with Gasteiger partial charge in [-0.15, -0.1) is 0 Å². The van der Waals surface area contributed by atoms with Crippen LogP contribution in [0.15, 0.2) is 24.5 Å². The molecular weight excluding hydrogens is 234 g/mol. The van der Waals surface area contributed by atoms with E-state index in [0.29, 0.717) is 0 Å². The fourth-order valence-electron chi connectivity index (χ4n) is 1.37. The molecule has 2 aromatic heterocycles. The summed E-state index contributed by atoms with van der Waals surface area (Å²) in [7, 11) is 1.43. The van der Waals surface area contributed by atoms with Gasteiger partial charge in [-0.2, -0.15) is 10.4 Å². The van der Waals surface area contributed by atoms with Crippen LogP contribution in [-0.2, 0) is 0 Å². The van der Waals surface area contributed by atoms with E-state index in [2.05, 4.69) is 20.5 Å². The minimum atomic E-state index is -0.430. The summed E-state index contributed by atoms with van der Waals surface area (Å²) >= 11 is 0. The van der Waals surface area contributed by atoms with Gasteiger partial charge in [0.05, 0.1) is 13.3 Å². The number of ether oxygens (including phenoxy) is 1. The minimum Gasteiger partial charge on any atom is -0.480 e. The Hall–Kier alpha value is -2.88. The lowest BCUT2D eigenvalue weighted by Crippen LogP contribution is -2.14. The smallest absolute Gasteiger partial charge is 0.262 e. The molecule has 0 aliphatic carbocycles. The van der Waals surface area contributed by atoms with Crippen molar-refractivity contribution in [1.29, 1.82) is 5.26 Å². The summed E-state index contributed by atoms with van der Waals surface area (Å²) in [4.78, 5) is 15.9. The van der Waals surface area contributed by atoms with Gasteiger partial charge in [0.15, 0.2) is 0 Å². The fraction of sp³-hybridized carbons (Fsp3) is 0.0909. The van der Waals surface area contributed by atoms with Gasteiger partial charge in [0.25, 0.3) is 5.91 Å². The van der Waals surface area contributed by atoms with E-state index >= 15 is 0 Å². The summed E-state index contributed by atoms with van der Waals surface area (Å²) in [6.07, 6.45) is 2.85. The molecule has 2 aromatic rings. The van der Waals surface area contributed by atoms with Gasteiger partial charge in [0.1, 0.15) is 23.0 Å². The first kappa shape index (κ1) is 11.6. The number of aromatic nitrogens is 3. The minimum absolute atomic E-state index is 0.216. The summed E-state index contributed by atoms with van der Waals surface area (Å²) in [5.41, 5.74) is 0.532. The highest BCUT2D eigenvalue weighted by molar-refractivity contribution is 6.05. The Labute approximate surface area is 102 Å². The van der Waals surface area contributed by atoms with Crippen LogP contribution in [0.4, 0.5) is 5.82 Å². The molecule has 7 heteroatoms. The average molecular weight is 243 g/mol. The maximum Gasteiger partial charge on any atom is 0.262 e. The van der Waals surface area contributed by atoms with Crippen molar-refractivity contribution in [3.05, 3.63) is 35.7 Å². The zero-order valence-electron chi connectivity index (χ0n) is 9.47. The molecule has 0 saturated carbocycles. The summed E-state index contributed by atoms with van der Waals surface area (Å²) in [6, 6.07) is 5.10. The van der Waals surface area contributed by atoms with Crippen LogP contribution >= 0.6 is 0 Å². The first-order valence-corrected chi connectivity index (χ1v) is 5.00. The molecule has 90 valence electrons. The number of carbonyl (C=O) groups is 1. The highest BCUT2D eigenvalue weighted by Crippen LogP contribution is 2.16. The normalized spacial score (nSPS) is 9.56. The number of H-pyrrole nitrogens is 1. The number of methoxy groups -OCH3 is 1. The molecule has 1 amide bonds. The number of pyridine rings is 1. The molecule has 0 aliphatic heterocycles. The topological polar surface area (TPSA) is 104 Å². The van der Waals surface area contributed by atoms with Crippen LogP contribution in [0.25, 0.3) is 0 Å². The number of hydrogen-bond donors (Lipinski definition) is 2. The Balaban J connectivity index is 2.25. The third-order valence-corrected chi connectivity index (χ3v) is 2.21. The number of amides is 1. The van der Waals surface area contributed by atoms with Gasteiger partial charge in [-0.25, -0.2) is 4.98 Å². The molecule has 2 N–H and O–H groups in total. The Morgan fingerprint density at radius 3 is 3.17 bits per heavy atom. The number of carbonyl (C=O) groups excluding carboxylic acids is 1. The second kappa shape index (κ2) is 4.97. The Bertz CT molecular complexity index is 614. The van der Waals surface area contributed by atoms with Gasteiger partial charge in [0.2, 0.25) is 5.88 Å². The van der Waals surface area contributed by atoms with Gasteiger partial charge < -0.3 is 10.1 Å². The van der Waals surface area contributed by atoms with Crippen molar-refractivity contribution in [1.82, 2.24) is 15.2 Å². The number of nitriles is 1. The van der Waals surface area contributed by atoms with E-state index in [-0.39, 0.29) is 22.8 Å². The predicted molar refractivity (Wildman–Crippen MR) is 62.0 cm³/mol. The molecule has 0 spiro atoms. The van der Waals surface area contributed by atoms with Crippen molar-refractivity contribution >= 4 is 11.7 Å². The van der Waals surface area contributed by atoms with Crippen LogP contribution < -0.4 is 10.1 Å². The summed E-state index contributed by atoms with van der Waals surface area (Å²) < 4.78 is 4.98. The zero-order valence-corrected chi connectivity index (χ0v) is 9.47. The lowest BCUT2D eigenvalue weighted by atomic mass is 10.2. The molecular formula is C11H9N5O2. The average Bonchev–Trinajstić information content (AvgIpc) is 2.85. The number of nitrogens with one attached hydrogen (secondary N) is 2. The molecule has 0 bridgehead atoms. The van der Waals surface area contributed by atoms with Gasteiger partial charge >= 0.3 is 0 Å². The number of aromatic amines is 1. The molecule has 2 rings (SSSR count). The Morgan fingerprint density at radius 2 is 2.44 bits per heavy atom. The molecule has 0 radical (unpaired) electrons. The van der Waals surface area contributed by atoms with Crippen LogP contribution in [0.2, 0.25) is 0 Å². The van der Waals surface area contributed by atoms with Crippen LogP contribution in [0, 0.1) is 11.3 Å². The lowest BCUT2D eigenvalue weighted by molar-refractivity contribution is 0.102. The highest BCUT2D eigenvalue weighted by atomic mass is 16.5. The molecule has 0 unspecified atom stereocenters. The van der Waals surface area contributed by atoms with Crippen molar-refractivity contribution in [3.8, 4) is 11.9 Å². The quantitative estimate of drug-likeness (QED) is 0.834. The summed E-state index contributed by atoms with van der Waals surface area (Å²) in [6.45, 7) is 0. The molecule has 7 nitrogen and oxygen atoms in total. The lowest BCUT2D eigenvalue weighted by Gasteiger charge is -2.06. The van der Waals surface area contributed by atoms with E-state index in [4.69, 9.17) is 10.00 Å². The third kappa shape index (κ3) is 2.12. The second-order valence-corrected chi connectivity index (χ2v) is 3.28. The van der Waals surface area contributed by atoms with E-state index in [0.717, 1.165) is 0 Å². The van der Waals surface area contributed by atoms with E-state index < -0.39 is 5.91 Å². The van der Waals surface area contributed by atoms with E-state index in [1.807, 2.05) is 6.07 Å². The van der Waals surface area contributed by atoms with Crippen molar-refractivity contribution in [2.24, 2.45) is 0 Å². The van der Waals surface area contributed by atoms with Gasteiger partial charge in [-0.3, -0.25) is 9.89 Å². The van der Waals surface area contributed by atoms with Crippen LogP contribution in [0.1, 0.15) is 15.9 Å². The largest absolute Gasteiger partial charge is 0.480 e. The van der Waals surface area contributed by atoms with E-state index in [9.17, 15) is 4.79 Å². The maximum atomic E-state index is 12.0. The molecule has 2 heterocycles. The number of anilines is 1. The molecule has 0 fully saturated rings. The molecule has 18 heavy (non-hydrogen) atoms. The third-order valence-electron chi connectivity index (χ3n) is 2.21. The fourth-order valence-corrected chi connectivity index (χ4v) is 1.37. The van der Waals surface area contributed by atoms with Crippen molar-refractivity contribution in [2.45, 2.75) is 0 Å². The van der Waals surface area contributed by atoms with Crippen LogP contribution in [-0.4, -0.2) is 28.2 Å². The van der Waals surface area contributed by atoms with Crippen molar-refractivity contribution in [3.63, 3.8) is 0 Å². The SMILES string of the molecule is COc1ncccc1C(=O)Nc1[nH]ncc1C#N. The number of hydrogen-bond acceptors (Lipinski definition) is 5. The second-order valence-electron chi connectivity index (χ2n) is 3.28. The Morgan fingerprint density at radius 1 is 1.61 bits per heavy atom. The van der Waals surface area contributed by atoms with E-state index in [1.165, 1.54) is 19.5 Å². The molecule has 0 aliphatic rings. The monoisotopic (exact) mass is 243 g/mol. The first-order valence-electron chi connectivity index (χ1n) is 5.00.